The molecular weight excluding hydrogens is 190 g/mol. The predicted molar refractivity (Wildman–Crippen MR) is 60.8 cm³/mol. The van der Waals surface area contributed by atoms with Crippen molar-refractivity contribution in [3.8, 4) is 0 Å². The monoisotopic (exact) mass is 213 g/mol. The molecule has 0 N–H and O–H groups in total. The SMILES string of the molecule is CC(C)[C@H]1CCN(C(=O)OC(C)(C)C)C1. The van der Waals surface area contributed by atoms with E-state index in [9.17, 15) is 4.79 Å². The summed E-state index contributed by atoms with van der Waals surface area (Å²) < 4.78 is 5.34. The molecule has 15 heavy (non-hydrogen) atoms. The Morgan fingerprint density at radius 2 is 2.00 bits per heavy atom. The van der Waals surface area contributed by atoms with E-state index in [4.69, 9.17) is 4.74 Å². The second-order valence-electron chi connectivity index (χ2n) is 5.72. The Bertz CT molecular complexity index is 230. The average molecular weight is 213 g/mol. The Kier molecular flexibility index (Phi) is 3.63. The van der Waals surface area contributed by atoms with Gasteiger partial charge in [0.15, 0.2) is 0 Å². The smallest absolute Gasteiger partial charge is 0.410 e. The summed E-state index contributed by atoms with van der Waals surface area (Å²) in [6.45, 7) is 11.8. The fraction of sp³-hybridized carbons (Fsp3) is 0.917. The summed E-state index contributed by atoms with van der Waals surface area (Å²) in [5.41, 5.74) is -0.382. The van der Waals surface area contributed by atoms with E-state index in [1.165, 1.54) is 0 Å². The van der Waals surface area contributed by atoms with Crippen molar-refractivity contribution < 1.29 is 9.53 Å². The van der Waals surface area contributed by atoms with Crippen LogP contribution in [-0.4, -0.2) is 29.7 Å². The van der Waals surface area contributed by atoms with Gasteiger partial charge in [-0.3, -0.25) is 0 Å². The van der Waals surface area contributed by atoms with Gasteiger partial charge in [0, 0.05) is 13.1 Å². The molecule has 0 spiro atoms. The standard InChI is InChI=1S/C12H23NO2/c1-9(2)10-6-7-13(8-10)11(14)15-12(3,4)5/h9-10H,6-8H2,1-5H3/t10-/m0/s1. The highest BCUT2D eigenvalue weighted by Crippen LogP contribution is 2.24. The third kappa shape index (κ3) is 3.73. The third-order valence-corrected chi connectivity index (χ3v) is 2.82. The number of nitrogens with zero attached hydrogens (tertiary/aromatic N) is 1. The van der Waals surface area contributed by atoms with Crippen LogP contribution in [0.1, 0.15) is 41.0 Å². The van der Waals surface area contributed by atoms with Crippen molar-refractivity contribution in [1.29, 1.82) is 0 Å². The summed E-state index contributed by atoms with van der Waals surface area (Å²) in [6, 6.07) is 0. The van der Waals surface area contributed by atoms with Crippen molar-refractivity contribution in [3.63, 3.8) is 0 Å². The van der Waals surface area contributed by atoms with E-state index < -0.39 is 0 Å². The Balaban J connectivity index is 2.44. The first kappa shape index (κ1) is 12.3. The Morgan fingerprint density at radius 1 is 1.40 bits per heavy atom. The van der Waals surface area contributed by atoms with E-state index in [1.807, 2.05) is 25.7 Å². The highest BCUT2D eigenvalue weighted by atomic mass is 16.6. The van der Waals surface area contributed by atoms with E-state index in [0.29, 0.717) is 11.8 Å². The zero-order valence-electron chi connectivity index (χ0n) is 10.5. The van der Waals surface area contributed by atoms with Crippen LogP contribution in [0, 0.1) is 11.8 Å². The molecule has 1 rings (SSSR count). The van der Waals surface area contributed by atoms with Crippen LogP contribution >= 0.6 is 0 Å². The first-order valence-electron chi connectivity index (χ1n) is 5.77. The normalized spacial score (nSPS) is 22.3. The summed E-state index contributed by atoms with van der Waals surface area (Å²) in [4.78, 5) is 13.6. The summed E-state index contributed by atoms with van der Waals surface area (Å²) in [5, 5.41) is 0. The predicted octanol–water partition coefficient (Wildman–Crippen LogP) is 2.90. The van der Waals surface area contributed by atoms with Gasteiger partial charge in [-0.15, -0.1) is 0 Å². The number of carbonyl (C=O) groups is 1. The lowest BCUT2D eigenvalue weighted by atomic mass is 9.95. The molecule has 1 fully saturated rings. The van der Waals surface area contributed by atoms with Crippen LogP contribution in [0.4, 0.5) is 4.79 Å². The molecule has 3 heteroatoms. The van der Waals surface area contributed by atoms with Crippen molar-refractivity contribution in [3.05, 3.63) is 0 Å². The van der Waals surface area contributed by atoms with Gasteiger partial charge in [-0.25, -0.2) is 4.79 Å². The van der Waals surface area contributed by atoms with E-state index in [2.05, 4.69) is 13.8 Å². The molecule has 1 aliphatic rings. The molecule has 1 atom stereocenters. The van der Waals surface area contributed by atoms with E-state index >= 15 is 0 Å². The van der Waals surface area contributed by atoms with Crippen molar-refractivity contribution in [2.75, 3.05) is 13.1 Å². The second kappa shape index (κ2) is 4.42. The topological polar surface area (TPSA) is 29.5 Å². The van der Waals surface area contributed by atoms with Gasteiger partial charge in [0.05, 0.1) is 0 Å². The summed E-state index contributed by atoms with van der Waals surface area (Å²) in [6.07, 6.45) is 0.947. The molecule has 0 aliphatic carbocycles. The number of ether oxygens (including phenoxy) is 1. The molecule has 88 valence electrons. The minimum atomic E-state index is -0.382. The van der Waals surface area contributed by atoms with Crippen LogP contribution in [0.15, 0.2) is 0 Å². The van der Waals surface area contributed by atoms with Gasteiger partial charge in [-0.1, -0.05) is 13.8 Å². The number of hydrogen-bond acceptors (Lipinski definition) is 2. The maximum atomic E-state index is 11.7. The zero-order chi connectivity index (χ0) is 11.6. The lowest BCUT2D eigenvalue weighted by Gasteiger charge is -2.24. The molecule has 0 unspecified atom stereocenters. The molecule has 1 amide bonds. The lowest BCUT2D eigenvalue weighted by Crippen LogP contribution is -2.35. The second-order valence-corrected chi connectivity index (χ2v) is 5.72. The maximum absolute atomic E-state index is 11.7. The minimum absolute atomic E-state index is 0.161. The first-order valence-corrected chi connectivity index (χ1v) is 5.77. The quantitative estimate of drug-likeness (QED) is 0.670. The molecule has 0 aromatic rings. The van der Waals surface area contributed by atoms with Crippen molar-refractivity contribution in [2.24, 2.45) is 11.8 Å². The zero-order valence-corrected chi connectivity index (χ0v) is 10.5. The molecule has 0 aromatic heterocycles. The Labute approximate surface area is 92.8 Å². The molecule has 0 saturated carbocycles. The largest absolute Gasteiger partial charge is 0.444 e. The summed E-state index contributed by atoms with van der Waals surface area (Å²) in [5.74, 6) is 1.29. The van der Waals surface area contributed by atoms with Crippen LogP contribution in [0.25, 0.3) is 0 Å². The highest BCUT2D eigenvalue weighted by Gasteiger charge is 2.30. The van der Waals surface area contributed by atoms with Gasteiger partial charge in [0.25, 0.3) is 0 Å². The Morgan fingerprint density at radius 3 is 2.40 bits per heavy atom. The number of carbonyl (C=O) groups excluding carboxylic acids is 1. The first-order chi connectivity index (χ1) is 6.79. The molecule has 1 aliphatic heterocycles. The molecule has 1 heterocycles. The van der Waals surface area contributed by atoms with Gasteiger partial charge in [-0.2, -0.15) is 0 Å². The van der Waals surface area contributed by atoms with Crippen LogP contribution < -0.4 is 0 Å². The van der Waals surface area contributed by atoms with Gasteiger partial charge >= 0.3 is 6.09 Å². The van der Waals surface area contributed by atoms with Gasteiger partial charge in [-0.05, 0) is 39.0 Å². The van der Waals surface area contributed by atoms with Crippen LogP contribution in [0.2, 0.25) is 0 Å². The molecule has 0 aromatic carbocycles. The number of hydrogen-bond donors (Lipinski definition) is 0. The fourth-order valence-electron chi connectivity index (χ4n) is 1.82. The van der Waals surface area contributed by atoms with Crippen LogP contribution in [0.5, 0.6) is 0 Å². The molecule has 3 nitrogen and oxygen atoms in total. The molecule has 0 bridgehead atoms. The number of likely N-dealkylation sites (tertiary alicyclic amines) is 1. The molecular formula is C12H23NO2. The van der Waals surface area contributed by atoms with Gasteiger partial charge < -0.3 is 9.64 Å². The van der Waals surface area contributed by atoms with E-state index in [0.717, 1.165) is 19.5 Å². The lowest BCUT2D eigenvalue weighted by molar-refractivity contribution is 0.0285. The van der Waals surface area contributed by atoms with E-state index in [1.54, 1.807) is 0 Å². The van der Waals surface area contributed by atoms with Crippen molar-refractivity contribution in [2.45, 2.75) is 46.6 Å². The van der Waals surface area contributed by atoms with E-state index in [-0.39, 0.29) is 11.7 Å². The van der Waals surface area contributed by atoms with Crippen LogP contribution in [0.3, 0.4) is 0 Å². The minimum Gasteiger partial charge on any atom is -0.444 e. The Hall–Kier alpha value is -0.730. The number of rotatable bonds is 1. The van der Waals surface area contributed by atoms with Gasteiger partial charge in [0.1, 0.15) is 5.60 Å². The van der Waals surface area contributed by atoms with Gasteiger partial charge in [0.2, 0.25) is 0 Å². The molecule has 1 saturated heterocycles. The maximum Gasteiger partial charge on any atom is 0.410 e. The molecule has 0 radical (unpaired) electrons. The van der Waals surface area contributed by atoms with Crippen LogP contribution in [-0.2, 0) is 4.74 Å². The third-order valence-electron chi connectivity index (χ3n) is 2.82. The van der Waals surface area contributed by atoms with Crippen molar-refractivity contribution in [1.82, 2.24) is 4.90 Å². The summed E-state index contributed by atoms with van der Waals surface area (Å²) in [7, 11) is 0. The number of amides is 1. The average Bonchev–Trinajstić information content (AvgIpc) is 2.47. The summed E-state index contributed by atoms with van der Waals surface area (Å²) >= 11 is 0. The van der Waals surface area contributed by atoms with Crippen molar-refractivity contribution >= 4 is 6.09 Å². The fourth-order valence-corrected chi connectivity index (χ4v) is 1.82. The highest BCUT2D eigenvalue weighted by molar-refractivity contribution is 5.68.